The quantitative estimate of drug-likeness (QED) is 0.644. The fourth-order valence-corrected chi connectivity index (χ4v) is 1.62. The van der Waals surface area contributed by atoms with Gasteiger partial charge in [0.1, 0.15) is 0 Å². The number of hydrogen-bond donors (Lipinski definition) is 4. The molecule has 0 aliphatic carbocycles. The van der Waals surface area contributed by atoms with Crippen molar-refractivity contribution in [1.29, 1.82) is 0 Å². The smallest absolute Gasteiger partial charge is 0.319 e. The van der Waals surface area contributed by atoms with Crippen LogP contribution in [0.15, 0.2) is 24.3 Å². The number of carbonyl (C=O) groups is 2. The van der Waals surface area contributed by atoms with Crippen LogP contribution in [0.1, 0.15) is 31.1 Å². The Labute approximate surface area is 137 Å². The van der Waals surface area contributed by atoms with Crippen molar-refractivity contribution in [2.24, 2.45) is 0 Å². The van der Waals surface area contributed by atoms with Crippen molar-refractivity contribution in [3.63, 3.8) is 0 Å². The lowest BCUT2D eigenvalue weighted by Crippen LogP contribution is -2.37. The second-order valence-corrected chi connectivity index (χ2v) is 5.23. The number of anilines is 1. The van der Waals surface area contributed by atoms with E-state index in [2.05, 4.69) is 21.3 Å². The molecule has 0 spiro atoms. The summed E-state index contributed by atoms with van der Waals surface area (Å²) in [4.78, 5) is 23.6. The first kappa shape index (κ1) is 20.2. The van der Waals surface area contributed by atoms with Gasteiger partial charge in [-0.05, 0) is 46.0 Å². The molecule has 0 radical (unpaired) electrons. The summed E-state index contributed by atoms with van der Waals surface area (Å²) in [5.41, 5.74) is 1.10. The maximum Gasteiger partial charge on any atom is 0.319 e. The molecule has 0 bridgehead atoms. The Morgan fingerprint density at radius 1 is 1.18 bits per heavy atom. The lowest BCUT2D eigenvalue weighted by Gasteiger charge is -2.13. The van der Waals surface area contributed by atoms with Crippen molar-refractivity contribution >= 4 is 30.0 Å². The van der Waals surface area contributed by atoms with Gasteiger partial charge in [0.25, 0.3) is 5.91 Å². The molecule has 22 heavy (non-hydrogen) atoms. The van der Waals surface area contributed by atoms with Crippen molar-refractivity contribution in [3.05, 3.63) is 29.8 Å². The topological polar surface area (TPSA) is 82.3 Å². The standard InChI is InChI=1S/C15H24N4O2.ClH/c1-10(2)18-15(21)19-13-7-5-6-12(8-13)14(20)17-9-11(3)16-4;/h5-8,10-11,16H,9H2,1-4H3,(H,17,20)(H2,18,19,21);1H. The number of rotatable bonds is 6. The Balaban J connectivity index is 0.00000441. The lowest BCUT2D eigenvalue weighted by atomic mass is 10.2. The molecule has 1 aromatic rings. The molecule has 0 aliphatic heterocycles. The van der Waals surface area contributed by atoms with Crippen LogP contribution in [0.4, 0.5) is 10.5 Å². The summed E-state index contributed by atoms with van der Waals surface area (Å²) in [6.07, 6.45) is 0. The molecule has 1 aromatic carbocycles. The Bertz CT molecular complexity index is 494. The summed E-state index contributed by atoms with van der Waals surface area (Å²) in [6.45, 7) is 6.29. The fourth-order valence-electron chi connectivity index (χ4n) is 1.62. The first-order valence-corrected chi connectivity index (χ1v) is 7.05. The fraction of sp³-hybridized carbons (Fsp3) is 0.467. The van der Waals surface area contributed by atoms with Crippen molar-refractivity contribution in [2.45, 2.75) is 32.9 Å². The minimum absolute atomic E-state index is 0. The summed E-state index contributed by atoms with van der Waals surface area (Å²) in [7, 11) is 1.84. The van der Waals surface area contributed by atoms with E-state index in [9.17, 15) is 9.59 Å². The molecule has 4 N–H and O–H groups in total. The van der Waals surface area contributed by atoms with E-state index in [4.69, 9.17) is 0 Å². The third-order valence-corrected chi connectivity index (χ3v) is 2.86. The van der Waals surface area contributed by atoms with E-state index < -0.39 is 0 Å². The van der Waals surface area contributed by atoms with E-state index in [-0.39, 0.29) is 36.4 Å². The molecule has 3 amide bonds. The summed E-state index contributed by atoms with van der Waals surface area (Å²) in [5, 5.41) is 11.3. The molecule has 0 fully saturated rings. The monoisotopic (exact) mass is 328 g/mol. The normalized spacial score (nSPS) is 11.3. The van der Waals surface area contributed by atoms with Crippen LogP contribution in [0.25, 0.3) is 0 Å². The zero-order valence-electron chi connectivity index (χ0n) is 13.4. The van der Waals surface area contributed by atoms with Crippen LogP contribution >= 0.6 is 12.4 Å². The molecule has 1 unspecified atom stereocenters. The predicted molar refractivity (Wildman–Crippen MR) is 91.8 cm³/mol. The molecule has 124 valence electrons. The number of likely N-dealkylation sites (N-methyl/N-ethyl adjacent to an activating group) is 1. The molecule has 6 nitrogen and oxygen atoms in total. The molecule has 0 aliphatic rings. The zero-order chi connectivity index (χ0) is 15.8. The van der Waals surface area contributed by atoms with E-state index in [1.54, 1.807) is 24.3 Å². The van der Waals surface area contributed by atoms with Gasteiger partial charge in [-0.25, -0.2) is 4.79 Å². The number of nitrogens with one attached hydrogen (secondary N) is 4. The Kier molecular flexibility index (Phi) is 9.21. The third-order valence-electron chi connectivity index (χ3n) is 2.86. The SMILES string of the molecule is CNC(C)CNC(=O)c1cccc(NC(=O)NC(C)C)c1.Cl. The van der Waals surface area contributed by atoms with Gasteiger partial charge in [0, 0.05) is 29.9 Å². The summed E-state index contributed by atoms with van der Waals surface area (Å²) < 4.78 is 0. The molecule has 1 atom stereocenters. The highest BCUT2D eigenvalue weighted by atomic mass is 35.5. The van der Waals surface area contributed by atoms with E-state index in [0.29, 0.717) is 17.8 Å². The molecule has 0 aromatic heterocycles. The van der Waals surface area contributed by atoms with Crippen molar-refractivity contribution in [2.75, 3.05) is 18.9 Å². The molecular formula is C15H25ClN4O2. The minimum Gasteiger partial charge on any atom is -0.350 e. The van der Waals surface area contributed by atoms with Gasteiger partial charge in [-0.2, -0.15) is 0 Å². The van der Waals surface area contributed by atoms with Gasteiger partial charge in [-0.1, -0.05) is 6.07 Å². The van der Waals surface area contributed by atoms with E-state index in [1.807, 2.05) is 27.8 Å². The van der Waals surface area contributed by atoms with Gasteiger partial charge < -0.3 is 21.3 Å². The largest absolute Gasteiger partial charge is 0.350 e. The van der Waals surface area contributed by atoms with Gasteiger partial charge in [0.15, 0.2) is 0 Å². The Morgan fingerprint density at radius 2 is 1.86 bits per heavy atom. The maximum atomic E-state index is 12.0. The molecule has 1 rings (SSSR count). The molecule has 0 heterocycles. The van der Waals surface area contributed by atoms with Crippen LogP contribution in [0.3, 0.4) is 0 Å². The van der Waals surface area contributed by atoms with E-state index in [1.165, 1.54) is 0 Å². The van der Waals surface area contributed by atoms with Crippen LogP contribution in [0.2, 0.25) is 0 Å². The third kappa shape index (κ3) is 7.28. The predicted octanol–water partition coefficient (Wildman–Crippen LogP) is 1.98. The molecule has 0 saturated carbocycles. The Hall–Kier alpha value is -1.79. The average molecular weight is 329 g/mol. The van der Waals surface area contributed by atoms with Gasteiger partial charge in [-0.3, -0.25) is 4.79 Å². The average Bonchev–Trinajstić information content (AvgIpc) is 2.43. The highest BCUT2D eigenvalue weighted by Crippen LogP contribution is 2.10. The first-order valence-electron chi connectivity index (χ1n) is 7.05. The van der Waals surface area contributed by atoms with Crippen LogP contribution < -0.4 is 21.3 Å². The highest BCUT2D eigenvalue weighted by molar-refractivity contribution is 5.96. The number of halogens is 1. The molecule has 7 heteroatoms. The van der Waals surface area contributed by atoms with E-state index in [0.717, 1.165) is 0 Å². The number of urea groups is 1. The summed E-state index contributed by atoms with van der Waals surface area (Å²) in [5.74, 6) is -0.162. The van der Waals surface area contributed by atoms with Crippen LogP contribution in [-0.4, -0.2) is 37.6 Å². The summed E-state index contributed by atoms with van der Waals surface area (Å²) >= 11 is 0. The number of hydrogen-bond acceptors (Lipinski definition) is 3. The first-order chi connectivity index (χ1) is 9.92. The Morgan fingerprint density at radius 3 is 2.45 bits per heavy atom. The van der Waals surface area contributed by atoms with E-state index >= 15 is 0 Å². The number of carbonyl (C=O) groups excluding carboxylic acids is 2. The van der Waals surface area contributed by atoms with Gasteiger partial charge in [-0.15, -0.1) is 12.4 Å². The van der Waals surface area contributed by atoms with Crippen molar-refractivity contribution < 1.29 is 9.59 Å². The van der Waals surface area contributed by atoms with Crippen molar-refractivity contribution in [1.82, 2.24) is 16.0 Å². The zero-order valence-corrected chi connectivity index (χ0v) is 14.2. The van der Waals surface area contributed by atoms with Crippen LogP contribution in [0, 0.1) is 0 Å². The minimum atomic E-state index is -0.286. The maximum absolute atomic E-state index is 12.0. The molecular weight excluding hydrogens is 304 g/mol. The highest BCUT2D eigenvalue weighted by Gasteiger charge is 2.09. The number of benzene rings is 1. The summed E-state index contributed by atoms with van der Waals surface area (Å²) in [6, 6.07) is 6.82. The lowest BCUT2D eigenvalue weighted by molar-refractivity contribution is 0.0950. The van der Waals surface area contributed by atoms with Crippen LogP contribution in [0.5, 0.6) is 0 Å². The van der Waals surface area contributed by atoms with Crippen LogP contribution in [-0.2, 0) is 0 Å². The van der Waals surface area contributed by atoms with Crippen molar-refractivity contribution in [3.8, 4) is 0 Å². The second kappa shape index (κ2) is 10.0. The van der Waals surface area contributed by atoms with Gasteiger partial charge in [0.2, 0.25) is 0 Å². The molecule has 0 saturated heterocycles. The van der Waals surface area contributed by atoms with Gasteiger partial charge in [0.05, 0.1) is 0 Å². The number of amides is 3. The second-order valence-electron chi connectivity index (χ2n) is 5.23. The van der Waals surface area contributed by atoms with Gasteiger partial charge >= 0.3 is 6.03 Å².